The maximum Gasteiger partial charge on any atom is 0.429 e. The van der Waals surface area contributed by atoms with Gasteiger partial charge in [0.15, 0.2) is 5.67 Å². The van der Waals surface area contributed by atoms with Gasteiger partial charge >= 0.3 is 12.4 Å². The van der Waals surface area contributed by atoms with Gasteiger partial charge in [-0.15, -0.1) is 0 Å². The Balaban J connectivity index is 3.51. The van der Waals surface area contributed by atoms with Crippen molar-refractivity contribution in [3.05, 3.63) is 0 Å². The van der Waals surface area contributed by atoms with E-state index in [1.165, 1.54) is 6.92 Å². The van der Waals surface area contributed by atoms with Gasteiger partial charge < -0.3 is 5.11 Å². The standard InChI is InChI=1S/C12H15F9O/c1-5-6(2)8(14)9(15,3-7(5)4-13)10(22,11(16,17)18)12(19,20)21/h5-8,22H,3-4H2,1-2H3. The minimum atomic E-state index is -6.51. The van der Waals surface area contributed by atoms with Gasteiger partial charge in [0.05, 0.1) is 6.67 Å². The normalized spacial score (nSPS) is 38.2. The first kappa shape index (κ1) is 19.4. The summed E-state index contributed by atoms with van der Waals surface area (Å²) in [6.45, 7) is 0.676. The Morgan fingerprint density at radius 2 is 1.41 bits per heavy atom. The Kier molecular flexibility index (Phi) is 4.80. The third-order valence-corrected chi connectivity index (χ3v) is 4.65. The van der Waals surface area contributed by atoms with Crippen molar-refractivity contribution in [2.45, 2.75) is 50.1 Å². The lowest BCUT2D eigenvalue weighted by Crippen LogP contribution is -2.74. The molecule has 10 heteroatoms. The van der Waals surface area contributed by atoms with Crippen molar-refractivity contribution in [1.82, 2.24) is 0 Å². The second-order valence-corrected chi connectivity index (χ2v) is 5.81. The van der Waals surface area contributed by atoms with Crippen LogP contribution < -0.4 is 0 Å². The highest BCUT2D eigenvalue weighted by Crippen LogP contribution is 2.59. The van der Waals surface area contributed by atoms with E-state index in [-0.39, 0.29) is 0 Å². The highest BCUT2D eigenvalue weighted by Gasteiger charge is 2.83. The summed E-state index contributed by atoms with van der Waals surface area (Å²) in [5, 5.41) is 9.17. The van der Waals surface area contributed by atoms with Crippen LogP contribution in [0.15, 0.2) is 0 Å². The van der Waals surface area contributed by atoms with Gasteiger partial charge in [0.2, 0.25) is 0 Å². The zero-order chi connectivity index (χ0) is 17.7. The van der Waals surface area contributed by atoms with Crippen molar-refractivity contribution in [2.75, 3.05) is 6.67 Å². The van der Waals surface area contributed by atoms with Gasteiger partial charge in [0, 0.05) is 0 Å². The van der Waals surface area contributed by atoms with Crippen molar-refractivity contribution < 1.29 is 44.6 Å². The molecule has 132 valence electrons. The zero-order valence-electron chi connectivity index (χ0n) is 11.6. The molecular weight excluding hydrogens is 331 g/mol. The molecule has 0 spiro atoms. The topological polar surface area (TPSA) is 20.2 Å². The summed E-state index contributed by atoms with van der Waals surface area (Å²) in [6.07, 6.45) is -18.0. The lowest BCUT2D eigenvalue weighted by atomic mass is 9.61. The van der Waals surface area contributed by atoms with Crippen LogP contribution in [0.4, 0.5) is 39.5 Å². The largest absolute Gasteiger partial charge is 0.429 e. The van der Waals surface area contributed by atoms with E-state index in [1.807, 2.05) is 0 Å². The summed E-state index contributed by atoms with van der Waals surface area (Å²) in [6, 6.07) is 0. The average Bonchev–Trinajstić information content (AvgIpc) is 2.37. The van der Waals surface area contributed by atoms with E-state index in [0.29, 0.717) is 0 Å². The van der Waals surface area contributed by atoms with Crippen LogP contribution in [0.5, 0.6) is 0 Å². The maximum absolute atomic E-state index is 14.6. The van der Waals surface area contributed by atoms with E-state index >= 15 is 0 Å². The molecule has 0 saturated heterocycles. The molecule has 0 heterocycles. The van der Waals surface area contributed by atoms with Gasteiger partial charge in [-0.3, -0.25) is 4.39 Å². The molecule has 0 radical (unpaired) electrons. The van der Waals surface area contributed by atoms with Crippen LogP contribution in [-0.4, -0.2) is 41.6 Å². The number of rotatable bonds is 2. The fourth-order valence-corrected chi connectivity index (χ4v) is 2.97. The molecular formula is C12H15F9O. The van der Waals surface area contributed by atoms with Crippen LogP contribution in [0.3, 0.4) is 0 Å². The van der Waals surface area contributed by atoms with E-state index in [4.69, 9.17) is 5.11 Å². The molecule has 0 aromatic heterocycles. The first-order valence-corrected chi connectivity index (χ1v) is 6.40. The van der Waals surface area contributed by atoms with Gasteiger partial charge in [-0.25, -0.2) is 8.78 Å². The van der Waals surface area contributed by atoms with Gasteiger partial charge in [-0.2, -0.15) is 26.3 Å². The Bertz CT molecular complexity index is 388. The number of hydrogen-bond donors (Lipinski definition) is 1. The molecule has 0 bridgehead atoms. The summed E-state index contributed by atoms with van der Waals surface area (Å²) in [7, 11) is 0. The third kappa shape index (κ3) is 2.46. The second kappa shape index (κ2) is 5.45. The molecule has 1 rings (SSSR count). The van der Waals surface area contributed by atoms with Gasteiger partial charge in [-0.05, 0) is 24.2 Å². The van der Waals surface area contributed by atoms with Crippen molar-refractivity contribution in [1.29, 1.82) is 0 Å². The lowest BCUT2D eigenvalue weighted by molar-refractivity contribution is -0.416. The molecule has 1 nitrogen and oxygen atoms in total. The summed E-state index contributed by atoms with van der Waals surface area (Å²) in [4.78, 5) is 0. The average molecular weight is 346 g/mol. The molecule has 5 unspecified atom stereocenters. The quantitative estimate of drug-likeness (QED) is 0.745. The number of alkyl halides is 9. The molecule has 1 aliphatic rings. The SMILES string of the molecule is CC1C(CF)CC(F)(C(O)(C(F)(F)F)C(F)(F)F)C(F)C1C. The van der Waals surface area contributed by atoms with Gasteiger partial charge in [0.25, 0.3) is 5.60 Å². The van der Waals surface area contributed by atoms with Crippen molar-refractivity contribution in [2.24, 2.45) is 17.8 Å². The fraction of sp³-hybridized carbons (Fsp3) is 1.00. The van der Waals surface area contributed by atoms with E-state index in [2.05, 4.69) is 0 Å². The highest BCUT2D eigenvalue weighted by atomic mass is 19.4. The van der Waals surface area contributed by atoms with Crippen molar-refractivity contribution in [3.63, 3.8) is 0 Å². The number of halogens is 9. The monoisotopic (exact) mass is 346 g/mol. The molecule has 1 fully saturated rings. The van der Waals surface area contributed by atoms with Gasteiger partial charge in [-0.1, -0.05) is 13.8 Å². The second-order valence-electron chi connectivity index (χ2n) is 5.81. The Morgan fingerprint density at radius 1 is 1.00 bits per heavy atom. The van der Waals surface area contributed by atoms with Crippen LogP contribution in [0, 0.1) is 17.8 Å². The molecule has 22 heavy (non-hydrogen) atoms. The summed E-state index contributed by atoms with van der Waals surface area (Å²) in [5.41, 5.74) is -10.6. The van der Waals surface area contributed by atoms with Crippen molar-refractivity contribution >= 4 is 0 Å². The van der Waals surface area contributed by atoms with Crippen molar-refractivity contribution in [3.8, 4) is 0 Å². The Hall–Kier alpha value is -0.670. The van der Waals surface area contributed by atoms with Crippen LogP contribution in [-0.2, 0) is 0 Å². The summed E-state index contributed by atoms with van der Waals surface area (Å²) < 4.78 is 118. The molecule has 1 N–H and O–H groups in total. The molecule has 0 aliphatic heterocycles. The predicted molar refractivity (Wildman–Crippen MR) is 58.2 cm³/mol. The first-order chi connectivity index (χ1) is 9.65. The molecule has 1 aliphatic carbocycles. The molecule has 5 atom stereocenters. The van der Waals surface area contributed by atoms with E-state index in [0.717, 1.165) is 6.92 Å². The number of aliphatic hydroxyl groups is 1. The molecule has 0 aromatic carbocycles. The Labute approximate surface area is 120 Å². The lowest BCUT2D eigenvalue weighted by Gasteiger charge is -2.51. The first-order valence-electron chi connectivity index (χ1n) is 6.40. The third-order valence-electron chi connectivity index (χ3n) is 4.65. The number of hydrogen-bond acceptors (Lipinski definition) is 1. The predicted octanol–water partition coefficient (Wildman–Crippen LogP) is 4.15. The molecule has 1 saturated carbocycles. The minimum Gasteiger partial charge on any atom is -0.371 e. The molecule has 0 aromatic rings. The van der Waals surface area contributed by atoms with Crippen LogP contribution in [0.2, 0.25) is 0 Å². The Morgan fingerprint density at radius 3 is 1.73 bits per heavy atom. The highest BCUT2D eigenvalue weighted by molar-refractivity contribution is 5.16. The minimum absolute atomic E-state index is 0.888. The van der Waals surface area contributed by atoms with E-state index in [9.17, 15) is 39.5 Å². The summed E-state index contributed by atoms with van der Waals surface area (Å²) >= 11 is 0. The molecule has 0 amide bonds. The maximum atomic E-state index is 14.6. The zero-order valence-corrected chi connectivity index (χ0v) is 11.6. The van der Waals surface area contributed by atoms with Gasteiger partial charge in [0.1, 0.15) is 6.17 Å². The van der Waals surface area contributed by atoms with Crippen LogP contribution in [0.1, 0.15) is 20.3 Å². The van der Waals surface area contributed by atoms with E-state index in [1.54, 1.807) is 0 Å². The van der Waals surface area contributed by atoms with Crippen LogP contribution >= 0.6 is 0 Å². The fourth-order valence-electron chi connectivity index (χ4n) is 2.97. The smallest absolute Gasteiger partial charge is 0.371 e. The van der Waals surface area contributed by atoms with E-state index < -0.39 is 60.6 Å². The van der Waals surface area contributed by atoms with Crippen LogP contribution in [0.25, 0.3) is 0 Å². The summed E-state index contributed by atoms with van der Waals surface area (Å²) in [5.74, 6) is -4.17.